The third-order valence-corrected chi connectivity index (χ3v) is 5.64. The summed E-state index contributed by atoms with van der Waals surface area (Å²) in [6.45, 7) is 3.25. The van der Waals surface area contributed by atoms with Crippen molar-refractivity contribution >= 4 is 39.8 Å². The van der Waals surface area contributed by atoms with Crippen molar-refractivity contribution in [2.75, 3.05) is 18.1 Å². The Morgan fingerprint density at radius 3 is 2.63 bits per heavy atom. The van der Waals surface area contributed by atoms with Gasteiger partial charge in [-0.1, -0.05) is 35.2 Å². The maximum absolute atomic E-state index is 13.0. The molecule has 1 aromatic carbocycles. The Kier molecular flexibility index (Phi) is 6.33. The molecule has 0 spiro atoms. The van der Waals surface area contributed by atoms with Gasteiger partial charge in [0.25, 0.3) is 0 Å². The fourth-order valence-corrected chi connectivity index (χ4v) is 3.56. The van der Waals surface area contributed by atoms with E-state index < -0.39 is 17.3 Å². The standard InChI is InChI=1S/C16H16F3N5OS2/c1-15(2,9-20)24(3)12(25)8-26-14-23-22-13(27-14)21-11-7-5-4-6-10(11)16(17,18)19/h4-7H,8H2,1-3H3,(H,21,22). The lowest BCUT2D eigenvalue weighted by atomic mass is 10.1. The first kappa shape index (κ1) is 21.0. The van der Waals surface area contributed by atoms with E-state index >= 15 is 0 Å². The Morgan fingerprint density at radius 2 is 2.00 bits per heavy atom. The minimum Gasteiger partial charge on any atom is -0.330 e. The highest BCUT2D eigenvalue weighted by Gasteiger charge is 2.33. The van der Waals surface area contributed by atoms with Crippen LogP contribution in [0, 0.1) is 11.3 Å². The SMILES string of the molecule is CN(C(=O)CSc1nnc(Nc2ccccc2C(F)(F)F)s1)C(C)(C)C#N. The van der Waals surface area contributed by atoms with E-state index in [1.165, 1.54) is 30.1 Å². The molecule has 0 radical (unpaired) electrons. The van der Waals surface area contributed by atoms with E-state index in [0.717, 1.165) is 29.2 Å². The molecule has 0 aliphatic rings. The van der Waals surface area contributed by atoms with Crippen molar-refractivity contribution in [3.05, 3.63) is 29.8 Å². The quantitative estimate of drug-likeness (QED) is 0.714. The molecule has 11 heteroatoms. The van der Waals surface area contributed by atoms with Crippen LogP contribution in [0.2, 0.25) is 0 Å². The average Bonchev–Trinajstić information content (AvgIpc) is 3.06. The van der Waals surface area contributed by atoms with Gasteiger partial charge in [-0.25, -0.2) is 0 Å². The topological polar surface area (TPSA) is 81.9 Å². The highest BCUT2D eigenvalue weighted by Crippen LogP contribution is 2.37. The predicted molar refractivity (Wildman–Crippen MR) is 97.8 cm³/mol. The zero-order valence-electron chi connectivity index (χ0n) is 14.7. The van der Waals surface area contributed by atoms with Crippen LogP contribution in [0.5, 0.6) is 0 Å². The summed E-state index contributed by atoms with van der Waals surface area (Å²) in [6, 6.07) is 7.11. The summed E-state index contributed by atoms with van der Waals surface area (Å²) in [5.41, 5.74) is -1.86. The number of alkyl halides is 3. The van der Waals surface area contributed by atoms with Crippen molar-refractivity contribution in [3.63, 3.8) is 0 Å². The molecule has 1 amide bonds. The molecule has 144 valence electrons. The second-order valence-corrected chi connectivity index (χ2v) is 8.15. The highest BCUT2D eigenvalue weighted by atomic mass is 32.2. The number of benzene rings is 1. The fourth-order valence-electron chi connectivity index (χ4n) is 1.88. The van der Waals surface area contributed by atoms with Gasteiger partial charge in [0.05, 0.1) is 23.1 Å². The molecule has 0 unspecified atom stereocenters. The van der Waals surface area contributed by atoms with Crippen LogP contribution in [0.1, 0.15) is 19.4 Å². The lowest BCUT2D eigenvalue weighted by Gasteiger charge is -2.28. The summed E-state index contributed by atoms with van der Waals surface area (Å²) < 4.78 is 39.5. The Balaban J connectivity index is 2.03. The molecule has 6 nitrogen and oxygen atoms in total. The van der Waals surface area contributed by atoms with Gasteiger partial charge >= 0.3 is 6.18 Å². The molecule has 27 heavy (non-hydrogen) atoms. The van der Waals surface area contributed by atoms with E-state index in [9.17, 15) is 18.0 Å². The molecule has 2 aromatic rings. The number of carbonyl (C=O) groups is 1. The molecule has 1 heterocycles. The summed E-state index contributed by atoms with van der Waals surface area (Å²) in [4.78, 5) is 13.5. The predicted octanol–water partition coefficient (Wildman–Crippen LogP) is 4.15. The van der Waals surface area contributed by atoms with Crippen molar-refractivity contribution in [1.29, 1.82) is 5.26 Å². The zero-order valence-corrected chi connectivity index (χ0v) is 16.3. The number of nitrogens with one attached hydrogen (secondary N) is 1. The molecule has 1 aromatic heterocycles. The van der Waals surface area contributed by atoms with Gasteiger partial charge in [-0.05, 0) is 26.0 Å². The largest absolute Gasteiger partial charge is 0.418 e. The Morgan fingerprint density at radius 1 is 1.33 bits per heavy atom. The maximum atomic E-state index is 13.0. The summed E-state index contributed by atoms with van der Waals surface area (Å²) in [7, 11) is 1.53. The van der Waals surface area contributed by atoms with Crippen LogP contribution in [0.15, 0.2) is 28.6 Å². The molecule has 1 N–H and O–H groups in total. The number of halogens is 3. The molecular formula is C16H16F3N5OS2. The minimum atomic E-state index is -4.49. The highest BCUT2D eigenvalue weighted by molar-refractivity contribution is 8.01. The van der Waals surface area contributed by atoms with Crippen LogP contribution >= 0.6 is 23.1 Å². The molecule has 0 aliphatic carbocycles. The molecule has 0 saturated heterocycles. The number of anilines is 2. The maximum Gasteiger partial charge on any atom is 0.418 e. The van der Waals surface area contributed by atoms with E-state index in [-0.39, 0.29) is 22.5 Å². The number of hydrogen-bond acceptors (Lipinski definition) is 7. The third-order valence-electron chi connectivity index (χ3n) is 3.69. The van der Waals surface area contributed by atoms with Crippen LogP contribution in [0.25, 0.3) is 0 Å². The van der Waals surface area contributed by atoms with E-state index in [2.05, 4.69) is 15.5 Å². The van der Waals surface area contributed by atoms with Gasteiger partial charge in [0.15, 0.2) is 4.34 Å². The van der Waals surface area contributed by atoms with E-state index in [1.807, 2.05) is 6.07 Å². The number of nitriles is 1. The van der Waals surface area contributed by atoms with Crippen molar-refractivity contribution in [1.82, 2.24) is 15.1 Å². The van der Waals surface area contributed by atoms with Crippen molar-refractivity contribution in [2.45, 2.75) is 29.9 Å². The molecule has 2 rings (SSSR count). The fraction of sp³-hybridized carbons (Fsp3) is 0.375. The first-order valence-corrected chi connectivity index (χ1v) is 9.42. The number of carbonyl (C=O) groups excluding carboxylic acids is 1. The van der Waals surface area contributed by atoms with Crippen LogP contribution in [0.4, 0.5) is 24.0 Å². The normalized spacial score (nSPS) is 11.7. The Hall–Kier alpha value is -2.32. The zero-order chi connectivity index (χ0) is 20.2. The smallest absolute Gasteiger partial charge is 0.330 e. The number of aromatic nitrogens is 2. The summed E-state index contributed by atoms with van der Waals surface area (Å²) in [6.07, 6.45) is -4.49. The first-order valence-electron chi connectivity index (χ1n) is 7.62. The number of rotatable bonds is 6. The minimum absolute atomic E-state index is 0.0371. The van der Waals surface area contributed by atoms with Crippen LogP contribution in [0.3, 0.4) is 0 Å². The number of para-hydroxylation sites is 1. The van der Waals surface area contributed by atoms with Crippen LogP contribution < -0.4 is 5.32 Å². The Labute approximate surface area is 162 Å². The van der Waals surface area contributed by atoms with Crippen molar-refractivity contribution in [3.8, 4) is 6.07 Å². The van der Waals surface area contributed by atoms with Gasteiger partial charge in [-0.15, -0.1) is 10.2 Å². The molecule has 0 aliphatic heterocycles. The molecular weight excluding hydrogens is 399 g/mol. The van der Waals surface area contributed by atoms with E-state index in [4.69, 9.17) is 5.26 Å². The average molecular weight is 415 g/mol. The van der Waals surface area contributed by atoms with Crippen molar-refractivity contribution in [2.24, 2.45) is 0 Å². The van der Waals surface area contributed by atoms with Gasteiger partial charge < -0.3 is 10.2 Å². The summed E-state index contributed by atoms with van der Waals surface area (Å²) in [5.74, 6) is -0.228. The number of hydrogen-bond donors (Lipinski definition) is 1. The first-order chi connectivity index (χ1) is 12.5. The summed E-state index contributed by atoms with van der Waals surface area (Å²) >= 11 is 2.15. The molecule has 0 atom stereocenters. The van der Waals surface area contributed by atoms with Crippen LogP contribution in [-0.2, 0) is 11.0 Å². The van der Waals surface area contributed by atoms with E-state index in [0.29, 0.717) is 4.34 Å². The monoisotopic (exact) mass is 415 g/mol. The second kappa shape index (κ2) is 8.14. The van der Waals surface area contributed by atoms with Crippen molar-refractivity contribution < 1.29 is 18.0 Å². The van der Waals surface area contributed by atoms with Gasteiger partial charge in [0.2, 0.25) is 11.0 Å². The molecule has 0 saturated carbocycles. The lowest BCUT2D eigenvalue weighted by molar-refractivity contribution is -0.137. The molecule has 0 fully saturated rings. The van der Waals surface area contributed by atoms with Gasteiger partial charge in [0, 0.05) is 7.05 Å². The number of nitrogens with zero attached hydrogens (tertiary/aromatic N) is 4. The third kappa shape index (κ3) is 5.33. The van der Waals surface area contributed by atoms with Gasteiger partial charge in [-0.2, -0.15) is 18.4 Å². The van der Waals surface area contributed by atoms with Crippen LogP contribution in [-0.4, -0.2) is 39.3 Å². The van der Waals surface area contributed by atoms with Gasteiger partial charge in [-0.3, -0.25) is 4.79 Å². The van der Waals surface area contributed by atoms with Gasteiger partial charge in [0.1, 0.15) is 5.54 Å². The second-order valence-electron chi connectivity index (χ2n) is 5.95. The Bertz CT molecular complexity index is 860. The summed E-state index contributed by atoms with van der Waals surface area (Å²) in [5, 5.41) is 19.6. The molecule has 0 bridgehead atoms. The van der Waals surface area contributed by atoms with E-state index in [1.54, 1.807) is 13.8 Å². The lowest BCUT2D eigenvalue weighted by Crippen LogP contribution is -2.44. The number of amides is 1. The number of thioether (sulfide) groups is 1.